The quantitative estimate of drug-likeness (QED) is 0.577. The third-order valence-electron chi connectivity index (χ3n) is 5.44. The number of halogens is 1. The maximum Gasteiger partial charge on any atom is 0.255 e. The van der Waals surface area contributed by atoms with Crippen molar-refractivity contribution in [2.75, 3.05) is 31.6 Å². The Balaban J connectivity index is 1.33. The van der Waals surface area contributed by atoms with Crippen molar-refractivity contribution < 1.29 is 18.7 Å². The molecule has 1 fully saturated rings. The van der Waals surface area contributed by atoms with Crippen molar-refractivity contribution in [3.63, 3.8) is 0 Å². The van der Waals surface area contributed by atoms with Crippen LogP contribution in [0.15, 0.2) is 72.8 Å². The molecule has 0 aliphatic carbocycles. The van der Waals surface area contributed by atoms with E-state index in [0.29, 0.717) is 23.4 Å². The van der Waals surface area contributed by atoms with E-state index in [1.54, 1.807) is 18.2 Å². The minimum atomic E-state index is -0.393. The number of benzene rings is 3. The van der Waals surface area contributed by atoms with E-state index in [1.165, 1.54) is 24.3 Å². The Hall–Kier alpha value is -3.55. The number of nitrogens with zero attached hydrogens (tertiary/aromatic N) is 1. The summed E-state index contributed by atoms with van der Waals surface area (Å²) in [6.45, 7) is 4.38. The highest BCUT2D eigenvalue weighted by molar-refractivity contribution is 6.04. The maximum absolute atomic E-state index is 13.1. The van der Waals surface area contributed by atoms with Crippen LogP contribution in [0.5, 0.6) is 0 Å². The van der Waals surface area contributed by atoms with Gasteiger partial charge in [0.25, 0.3) is 11.8 Å². The van der Waals surface area contributed by atoms with Crippen LogP contribution in [0.3, 0.4) is 0 Å². The van der Waals surface area contributed by atoms with Crippen molar-refractivity contribution in [2.24, 2.45) is 0 Å². The third kappa shape index (κ3) is 6.47. The number of rotatable bonds is 7. The fourth-order valence-corrected chi connectivity index (χ4v) is 3.68. The van der Waals surface area contributed by atoms with Gasteiger partial charge >= 0.3 is 0 Å². The number of hydrogen-bond donors (Lipinski definition) is 2. The van der Waals surface area contributed by atoms with Gasteiger partial charge < -0.3 is 15.4 Å². The minimum Gasteiger partial charge on any atom is -0.379 e. The van der Waals surface area contributed by atoms with E-state index >= 15 is 0 Å². The number of nitrogens with one attached hydrogen (secondary N) is 2. The second-order valence-electron chi connectivity index (χ2n) is 7.93. The van der Waals surface area contributed by atoms with Crippen molar-refractivity contribution in [3.8, 4) is 0 Å². The zero-order valence-electron chi connectivity index (χ0n) is 18.2. The average Bonchev–Trinajstić information content (AvgIpc) is 2.84. The topological polar surface area (TPSA) is 70.7 Å². The molecule has 3 aromatic carbocycles. The third-order valence-corrected chi connectivity index (χ3v) is 5.44. The molecule has 0 spiro atoms. The van der Waals surface area contributed by atoms with Crippen LogP contribution < -0.4 is 10.6 Å². The Morgan fingerprint density at radius 2 is 1.58 bits per heavy atom. The molecule has 0 aromatic heterocycles. The lowest BCUT2D eigenvalue weighted by Crippen LogP contribution is -2.35. The lowest BCUT2D eigenvalue weighted by atomic mass is 10.1. The van der Waals surface area contributed by atoms with Gasteiger partial charge in [-0.2, -0.15) is 0 Å². The summed E-state index contributed by atoms with van der Waals surface area (Å²) in [4.78, 5) is 27.4. The summed E-state index contributed by atoms with van der Waals surface area (Å²) in [6.07, 6.45) is 0. The Kier molecular flexibility index (Phi) is 7.44. The molecule has 0 saturated carbocycles. The highest BCUT2D eigenvalue weighted by Crippen LogP contribution is 2.14. The number of morpholine rings is 1. The van der Waals surface area contributed by atoms with E-state index in [2.05, 4.69) is 15.5 Å². The summed E-state index contributed by atoms with van der Waals surface area (Å²) in [6, 6.07) is 20.3. The van der Waals surface area contributed by atoms with Crippen molar-refractivity contribution in [1.29, 1.82) is 0 Å². The van der Waals surface area contributed by atoms with Gasteiger partial charge in [0.15, 0.2) is 0 Å². The molecule has 4 rings (SSSR count). The predicted octanol–water partition coefficient (Wildman–Crippen LogP) is 3.84. The van der Waals surface area contributed by atoms with Crippen molar-refractivity contribution >= 4 is 17.5 Å². The number of carbonyl (C=O) groups excluding carboxylic acids is 2. The number of ether oxygens (including phenoxy) is 1. The van der Waals surface area contributed by atoms with Gasteiger partial charge in [-0.05, 0) is 59.7 Å². The molecule has 1 aliphatic rings. The fraction of sp³-hybridized carbons (Fsp3) is 0.231. The molecule has 3 aromatic rings. The molecule has 33 heavy (non-hydrogen) atoms. The van der Waals surface area contributed by atoms with Gasteiger partial charge in [0, 0.05) is 43.0 Å². The van der Waals surface area contributed by atoms with Crippen LogP contribution in [-0.4, -0.2) is 43.0 Å². The summed E-state index contributed by atoms with van der Waals surface area (Å²) in [5.74, 6) is -0.872. The molecule has 7 heteroatoms. The summed E-state index contributed by atoms with van der Waals surface area (Å²) < 4.78 is 18.4. The first-order chi connectivity index (χ1) is 16.1. The number of hydrogen-bond acceptors (Lipinski definition) is 4. The van der Waals surface area contributed by atoms with Crippen LogP contribution in [0.4, 0.5) is 10.1 Å². The normalized spacial score (nSPS) is 14.0. The Morgan fingerprint density at radius 1 is 0.848 bits per heavy atom. The Labute approximate surface area is 192 Å². The molecule has 1 heterocycles. The lowest BCUT2D eigenvalue weighted by Gasteiger charge is -2.26. The van der Waals surface area contributed by atoms with Gasteiger partial charge in [-0.15, -0.1) is 0 Å². The van der Waals surface area contributed by atoms with Crippen molar-refractivity contribution in [2.45, 2.75) is 13.1 Å². The standard InChI is InChI=1S/C26H26FN3O3/c27-23-9-7-21(8-10-23)26(32)29-24-6-2-3-19(16-24)17-28-25(31)22-5-1-4-20(15-22)18-30-11-13-33-14-12-30/h1-10,15-16H,11-14,17-18H2,(H,28,31)(H,29,32). The van der Waals surface area contributed by atoms with Crippen LogP contribution in [0.1, 0.15) is 31.8 Å². The smallest absolute Gasteiger partial charge is 0.255 e. The molecule has 6 nitrogen and oxygen atoms in total. The molecule has 1 aliphatic heterocycles. The maximum atomic E-state index is 13.1. The number of carbonyl (C=O) groups is 2. The molecule has 2 amide bonds. The lowest BCUT2D eigenvalue weighted by molar-refractivity contribution is 0.0342. The Bertz CT molecular complexity index is 1110. The molecule has 170 valence electrons. The SMILES string of the molecule is O=C(NCc1cccc(NC(=O)c2ccc(F)cc2)c1)c1cccc(CN2CCOCC2)c1. The highest BCUT2D eigenvalue weighted by Gasteiger charge is 2.12. The fourth-order valence-electron chi connectivity index (χ4n) is 3.68. The van der Waals surface area contributed by atoms with Crippen LogP contribution in [-0.2, 0) is 17.8 Å². The average molecular weight is 448 g/mol. The van der Waals surface area contributed by atoms with E-state index in [9.17, 15) is 14.0 Å². The van der Waals surface area contributed by atoms with E-state index in [0.717, 1.165) is 44.0 Å². The monoisotopic (exact) mass is 447 g/mol. The first-order valence-corrected chi connectivity index (χ1v) is 10.9. The Morgan fingerprint density at radius 3 is 2.36 bits per heavy atom. The molecule has 0 bridgehead atoms. The largest absolute Gasteiger partial charge is 0.379 e. The zero-order valence-corrected chi connectivity index (χ0v) is 18.2. The molecule has 0 atom stereocenters. The van der Waals surface area contributed by atoms with Crippen LogP contribution in [0.25, 0.3) is 0 Å². The van der Waals surface area contributed by atoms with Gasteiger partial charge in [-0.25, -0.2) is 4.39 Å². The summed E-state index contributed by atoms with van der Waals surface area (Å²) >= 11 is 0. The first kappa shape index (κ1) is 22.6. The van der Waals surface area contributed by atoms with E-state index in [4.69, 9.17) is 4.74 Å². The van der Waals surface area contributed by atoms with Crippen LogP contribution in [0.2, 0.25) is 0 Å². The molecule has 0 unspecified atom stereocenters. The van der Waals surface area contributed by atoms with E-state index < -0.39 is 5.82 Å². The molecular weight excluding hydrogens is 421 g/mol. The molecule has 1 saturated heterocycles. The summed E-state index contributed by atoms with van der Waals surface area (Å²) in [5, 5.41) is 5.73. The van der Waals surface area contributed by atoms with Gasteiger partial charge in [-0.1, -0.05) is 24.3 Å². The summed E-state index contributed by atoms with van der Waals surface area (Å²) in [5.41, 5.74) is 3.52. The van der Waals surface area contributed by atoms with E-state index in [1.807, 2.05) is 30.3 Å². The summed E-state index contributed by atoms with van der Waals surface area (Å²) in [7, 11) is 0. The molecule has 0 radical (unpaired) electrons. The number of anilines is 1. The highest BCUT2D eigenvalue weighted by atomic mass is 19.1. The zero-order chi connectivity index (χ0) is 23.0. The van der Waals surface area contributed by atoms with E-state index in [-0.39, 0.29) is 11.8 Å². The minimum absolute atomic E-state index is 0.153. The van der Waals surface area contributed by atoms with Crippen LogP contribution in [0, 0.1) is 5.82 Å². The second-order valence-corrected chi connectivity index (χ2v) is 7.93. The van der Waals surface area contributed by atoms with Crippen molar-refractivity contribution in [1.82, 2.24) is 10.2 Å². The molecule has 2 N–H and O–H groups in total. The van der Waals surface area contributed by atoms with Crippen LogP contribution >= 0.6 is 0 Å². The van der Waals surface area contributed by atoms with Gasteiger partial charge in [0.1, 0.15) is 5.82 Å². The van der Waals surface area contributed by atoms with Gasteiger partial charge in [0.2, 0.25) is 0 Å². The van der Waals surface area contributed by atoms with Gasteiger partial charge in [-0.3, -0.25) is 14.5 Å². The molecular formula is C26H26FN3O3. The second kappa shape index (κ2) is 10.8. The number of amides is 2. The predicted molar refractivity (Wildman–Crippen MR) is 125 cm³/mol. The first-order valence-electron chi connectivity index (χ1n) is 10.9. The van der Waals surface area contributed by atoms with Crippen molar-refractivity contribution in [3.05, 3.63) is 101 Å². The van der Waals surface area contributed by atoms with Gasteiger partial charge in [0.05, 0.1) is 13.2 Å².